The van der Waals surface area contributed by atoms with E-state index < -0.39 is 5.97 Å². The number of urea groups is 1. The van der Waals surface area contributed by atoms with E-state index in [0.717, 1.165) is 25.7 Å². The third-order valence-corrected chi connectivity index (χ3v) is 3.47. The number of terminal acetylenes is 1. The fourth-order valence-electron chi connectivity index (χ4n) is 2.26. The number of hydrogen-bond donors (Lipinski definition) is 2. The predicted molar refractivity (Wildman–Crippen MR) is 78.9 cm³/mol. The van der Waals surface area contributed by atoms with Crippen LogP contribution in [-0.4, -0.2) is 53.8 Å². The summed E-state index contributed by atoms with van der Waals surface area (Å²) in [4.78, 5) is 24.2. The number of piperidine rings is 1. The molecule has 0 aliphatic carbocycles. The molecule has 1 unspecified atom stereocenters. The van der Waals surface area contributed by atoms with E-state index in [2.05, 4.69) is 11.2 Å². The van der Waals surface area contributed by atoms with E-state index >= 15 is 0 Å². The van der Waals surface area contributed by atoms with Crippen molar-refractivity contribution < 1.29 is 19.4 Å². The molecule has 1 aliphatic heterocycles. The maximum Gasteiger partial charge on any atom is 0.318 e. The number of ether oxygens (including phenoxy) is 1. The van der Waals surface area contributed by atoms with E-state index in [1.165, 1.54) is 0 Å². The van der Waals surface area contributed by atoms with Crippen LogP contribution in [0.4, 0.5) is 4.79 Å². The first kappa shape index (κ1) is 17.3. The molecule has 1 rings (SSSR count). The molecule has 0 aromatic heterocycles. The molecule has 21 heavy (non-hydrogen) atoms. The van der Waals surface area contributed by atoms with Crippen LogP contribution in [-0.2, 0) is 9.53 Å². The molecule has 1 atom stereocenters. The molecular weight excluding hydrogens is 272 g/mol. The minimum Gasteiger partial charge on any atom is -0.481 e. The number of amides is 2. The smallest absolute Gasteiger partial charge is 0.318 e. The Hall–Kier alpha value is -1.74. The van der Waals surface area contributed by atoms with Gasteiger partial charge in [0.1, 0.15) is 0 Å². The molecule has 0 aromatic rings. The highest BCUT2D eigenvalue weighted by atomic mass is 16.5. The van der Waals surface area contributed by atoms with Crippen LogP contribution in [0.15, 0.2) is 0 Å². The van der Waals surface area contributed by atoms with E-state index in [0.29, 0.717) is 13.1 Å². The van der Waals surface area contributed by atoms with Crippen molar-refractivity contribution in [1.82, 2.24) is 10.2 Å². The van der Waals surface area contributed by atoms with Crippen molar-refractivity contribution in [3.63, 3.8) is 0 Å². The zero-order valence-electron chi connectivity index (χ0n) is 12.5. The summed E-state index contributed by atoms with van der Waals surface area (Å²) in [6.07, 6.45) is 8.58. The van der Waals surface area contributed by atoms with Crippen LogP contribution >= 0.6 is 0 Å². The Morgan fingerprint density at radius 1 is 1.48 bits per heavy atom. The molecule has 0 radical (unpaired) electrons. The number of carbonyl (C=O) groups is 2. The van der Waals surface area contributed by atoms with Crippen LogP contribution in [0.3, 0.4) is 0 Å². The summed E-state index contributed by atoms with van der Waals surface area (Å²) in [6, 6.07) is -0.345. The lowest BCUT2D eigenvalue weighted by Gasteiger charge is -2.32. The van der Waals surface area contributed by atoms with E-state index in [4.69, 9.17) is 16.3 Å². The second kappa shape index (κ2) is 9.24. The fourth-order valence-corrected chi connectivity index (χ4v) is 2.26. The highest BCUT2D eigenvalue weighted by Gasteiger charge is 2.24. The molecule has 0 aromatic carbocycles. The third kappa shape index (κ3) is 6.50. The first-order valence-corrected chi connectivity index (χ1v) is 7.41. The van der Waals surface area contributed by atoms with Gasteiger partial charge in [-0.25, -0.2) is 4.79 Å². The lowest BCUT2D eigenvalue weighted by Crippen LogP contribution is -2.48. The highest BCUT2D eigenvalue weighted by molar-refractivity contribution is 5.75. The molecule has 0 bridgehead atoms. The SMILES string of the molecule is C#CC(CCC)NC(=O)N1CCC(OCCC(=O)O)CC1. The van der Waals surface area contributed by atoms with Crippen molar-refractivity contribution >= 4 is 12.0 Å². The van der Waals surface area contributed by atoms with Crippen LogP contribution in [0.1, 0.15) is 39.0 Å². The Bertz CT molecular complexity index is 384. The first-order chi connectivity index (χ1) is 10.1. The second-order valence-corrected chi connectivity index (χ2v) is 5.16. The molecule has 0 spiro atoms. The lowest BCUT2D eigenvalue weighted by molar-refractivity contribution is -0.138. The molecule has 2 amide bonds. The van der Waals surface area contributed by atoms with E-state index in [1.807, 2.05) is 6.92 Å². The topological polar surface area (TPSA) is 78.9 Å². The van der Waals surface area contributed by atoms with Gasteiger partial charge in [-0.05, 0) is 19.3 Å². The van der Waals surface area contributed by atoms with Crippen molar-refractivity contribution in [2.24, 2.45) is 0 Å². The van der Waals surface area contributed by atoms with Crippen LogP contribution in [0.5, 0.6) is 0 Å². The van der Waals surface area contributed by atoms with Crippen molar-refractivity contribution in [3.8, 4) is 12.3 Å². The number of rotatable bonds is 7. The molecule has 1 heterocycles. The van der Waals surface area contributed by atoms with Gasteiger partial charge in [0.2, 0.25) is 0 Å². The summed E-state index contributed by atoms with van der Waals surface area (Å²) in [5, 5.41) is 11.4. The maximum atomic E-state index is 12.1. The Morgan fingerprint density at radius 2 is 2.14 bits per heavy atom. The summed E-state index contributed by atoms with van der Waals surface area (Å²) >= 11 is 0. The first-order valence-electron chi connectivity index (χ1n) is 7.41. The Labute approximate surface area is 125 Å². The van der Waals surface area contributed by atoms with Gasteiger partial charge in [-0.2, -0.15) is 0 Å². The molecule has 6 heteroatoms. The van der Waals surface area contributed by atoms with Crippen LogP contribution in [0.2, 0.25) is 0 Å². The number of nitrogens with one attached hydrogen (secondary N) is 1. The van der Waals surface area contributed by atoms with Gasteiger partial charge in [0.05, 0.1) is 25.2 Å². The average molecular weight is 296 g/mol. The molecule has 1 fully saturated rings. The number of nitrogens with zero attached hydrogens (tertiary/aromatic N) is 1. The predicted octanol–water partition coefficient (Wildman–Crippen LogP) is 1.45. The minimum atomic E-state index is -0.858. The van der Waals surface area contributed by atoms with Crippen molar-refractivity contribution in [2.45, 2.75) is 51.2 Å². The minimum absolute atomic E-state index is 0.0154. The maximum absolute atomic E-state index is 12.1. The standard InChI is InChI=1S/C15H24N2O4/c1-3-5-12(4-2)16-15(20)17-9-6-13(7-10-17)21-11-8-14(18)19/h2,12-13H,3,5-11H2,1H3,(H,16,20)(H,18,19). The molecule has 2 N–H and O–H groups in total. The molecule has 6 nitrogen and oxygen atoms in total. The van der Waals surface area contributed by atoms with Gasteiger partial charge in [0.25, 0.3) is 0 Å². The van der Waals surface area contributed by atoms with Crippen LogP contribution in [0, 0.1) is 12.3 Å². The van der Waals surface area contributed by atoms with Gasteiger partial charge in [-0.1, -0.05) is 19.3 Å². The Morgan fingerprint density at radius 3 is 2.67 bits per heavy atom. The van der Waals surface area contributed by atoms with E-state index in [9.17, 15) is 9.59 Å². The number of hydrogen-bond acceptors (Lipinski definition) is 3. The van der Waals surface area contributed by atoms with Crippen LogP contribution in [0.25, 0.3) is 0 Å². The average Bonchev–Trinajstić information content (AvgIpc) is 2.47. The van der Waals surface area contributed by atoms with E-state index in [1.54, 1.807) is 4.90 Å². The van der Waals surface area contributed by atoms with Crippen molar-refractivity contribution in [2.75, 3.05) is 19.7 Å². The quantitative estimate of drug-likeness (QED) is 0.697. The summed E-state index contributed by atoms with van der Waals surface area (Å²) in [5.74, 6) is 1.72. The number of carboxylic acid groups (broad SMARTS) is 1. The Balaban J connectivity index is 2.27. The molecule has 118 valence electrons. The summed E-state index contributed by atoms with van der Waals surface area (Å²) in [7, 11) is 0. The summed E-state index contributed by atoms with van der Waals surface area (Å²) < 4.78 is 5.49. The lowest BCUT2D eigenvalue weighted by atomic mass is 10.1. The normalized spacial score (nSPS) is 17.0. The fraction of sp³-hybridized carbons (Fsp3) is 0.733. The molecule has 0 saturated carbocycles. The van der Waals surface area contributed by atoms with Crippen molar-refractivity contribution in [1.29, 1.82) is 0 Å². The molecule has 1 saturated heterocycles. The number of likely N-dealkylation sites (tertiary alicyclic amines) is 1. The van der Waals surface area contributed by atoms with Gasteiger partial charge in [-0.15, -0.1) is 6.42 Å². The number of carbonyl (C=O) groups excluding carboxylic acids is 1. The van der Waals surface area contributed by atoms with Crippen LogP contribution < -0.4 is 5.32 Å². The monoisotopic (exact) mass is 296 g/mol. The van der Waals surface area contributed by atoms with Gasteiger partial charge < -0.3 is 20.1 Å². The summed E-state index contributed by atoms with van der Waals surface area (Å²) in [5.41, 5.74) is 0. The molecular formula is C15H24N2O4. The van der Waals surface area contributed by atoms with Gasteiger partial charge in [0.15, 0.2) is 0 Å². The zero-order valence-corrected chi connectivity index (χ0v) is 12.5. The van der Waals surface area contributed by atoms with Gasteiger partial charge in [0, 0.05) is 13.1 Å². The van der Waals surface area contributed by atoms with Crippen molar-refractivity contribution in [3.05, 3.63) is 0 Å². The largest absolute Gasteiger partial charge is 0.481 e. The van der Waals surface area contributed by atoms with E-state index in [-0.39, 0.29) is 31.2 Å². The summed E-state index contributed by atoms with van der Waals surface area (Å²) in [6.45, 7) is 3.46. The second-order valence-electron chi connectivity index (χ2n) is 5.16. The van der Waals surface area contributed by atoms with Gasteiger partial charge >= 0.3 is 12.0 Å². The van der Waals surface area contributed by atoms with Gasteiger partial charge in [-0.3, -0.25) is 4.79 Å². The Kier molecular flexibility index (Phi) is 7.62. The third-order valence-electron chi connectivity index (χ3n) is 3.47. The number of carboxylic acids is 1. The molecule has 1 aliphatic rings. The highest BCUT2D eigenvalue weighted by Crippen LogP contribution is 2.14. The number of aliphatic carboxylic acids is 1. The zero-order chi connectivity index (χ0) is 15.7.